The Kier molecular flexibility index (Phi) is 4.38. The van der Waals surface area contributed by atoms with Gasteiger partial charge in [-0.3, -0.25) is 0 Å². The van der Waals surface area contributed by atoms with Crippen molar-refractivity contribution in [2.24, 2.45) is 0 Å². The molecule has 18 heavy (non-hydrogen) atoms. The van der Waals surface area contributed by atoms with E-state index in [4.69, 9.17) is 34.8 Å². The second kappa shape index (κ2) is 5.66. The lowest BCUT2D eigenvalue weighted by atomic mass is 10.1. The van der Waals surface area contributed by atoms with Crippen LogP contribution in [0.4, 0.5) is 5.69 Å². The molecule has 1 unspecified atom stereocenters. The summed E-state index contributed by atoms with van der Waals surface area (Å²) in [5, 5.41) is 3.84. The van der Waals surface area contributed by atoms with Crippen molar-refractivity contribution < 1.29 is 0 Å². The van der Waals surface area contributed by atoms with Crippen LogP contribution in [-0.4, -0.2) is 4.98 Å². The maximum absolute atomic E-state index is 6.12. The minimum Gasteiger partial charge on any atom is -0.377 e. The van der Waals surface area contributed by atoms with Crippen LogP contribution in [0.1, 0.15) is 24.1 Å². The zero-order valence-electron chi connectivity index (χ0n) is 9.80. The maximum atomic E-state index is 6.12. The van der Waals surface area contributed by atoms with Crippen LogP contribution in [0.5, 0.6) is 0 Å². The van der Waals surface area contributed by atoms with E-state index in [1.54, 1.807) is 6.20 Å². The molecule has 0 bridgehead atoms. The molecule has 0 aliphatic rings. The molecule has 2 nitrogen and oxygen atoms in total. The largest absolute Gasteiger partial charge is 0.377 e. The van der Waals surface area contributed by atoms with Crippen molar-refractivity contribution in [3.63, 3.8) is 0 Å². The zero-order chi connectivity index (χ0) is 13.3. The molecule has 0 spiro atoms. The third-order valence-electron chi connectivity index (χ3n) is 2.55. The minimum atomic E-state index is 0.0589. The highest BCUT2D eigenvalue weighted by Crippen LogP contribution is 2.36. The van der Waals surface area contributed by atoms with Crippen LogP contribution in [0, 0.1) is 6.92 Å². The Morgan fingerprint density at radius 3 is 2.56 bits per heavy atom. The molecule has 96 valence electrons. The average Bonchev–Trinajstić information content (AvgIpc) is 2.63. The van der Waals surface area contributed by atoms with Crippen LogP contribution in [0.25, 0.3) is 0 Å². The average molecular weight is 322 g/mol. The molecule has 2 rings (SSSR count). The number of rotatable bonds is 3. The predicted molar refractivity (Wildman–Crippen MR) is 80.4 cm³/mol. The number of anilines is 1. The molecule has 0 aromatic carbocycles. The standard InChI is InChI=1S/C12H11Cl3N2S/c1-6-3-8(5-16-11(6)14)17-7(2)9-4-10(13)18-12(9)15/h3-5,7,17H,1-2H3. The van der Waals surface area contributed by atoms with E-state index in [9.17, 15) is 0 Å². The smallest absolute Gasteiger partial charge is 0.132 e. The summed E-state index contributed by atoms with van der Waals surface area (Å²) >= 11 is 19.3. The van der Waals surface area contributed by atoms with Gasteiger partial charge in [-0.2, -0.15) is 0 Å². The predicted octanol–water partition coefficient (Wildman–Crippen LogP) is 5.58. The van der Waals surface area contributed by atoms with Gasteiger partial charge < -0.3 is 5.32 Å². The number of hydrogen-bond acceptors (Lipinski definition) is 3. The fourth-order valence-corrected chi connectivity index (χ4v) is 3.36. The van der Waals surface area contributed by atoms with Crippen molar-refractivity contribution in [1.29, 1.82) is 0 Å². The number of hydrogen-bond donors (Lipinski definition) is 1. The van der Waals surface area contributed by atoms with Gasteiger partial charge in [-0.1, -0.05) is 34.8 Å². The first-order valence-corrected chi connectivity index (χ1v) is 7.26. The van der Waals surface area contributed by atoms with E-state index in [0.29, 0.717) is 13.8 Å². The molecule has 2 aromatic heterocycles. The molecule has 1 N–H and O–H groups in total. The van der Waals surface area contributed by atoms with Crippen molar-refractivity contribution >= 4 is 51.8 Å². The van der Waals surface area contributed by atoms with Gasteiger partial charge in [0.25, 0.3) is 0 Å². The molecule has 0 aliphatic heterocycles. The summed E-state index contributed by atoms with van der Waals surface area (Å²) in [6, 6.07) is 3.89. The summed E-state index contributed by atoms with van der Waals surface area (Å²) in [5.74, 6) is 0. The molecule has 0 saturated carbocycles. The van der Waals surface area contributed by atoms with Crippen molar-refractivity contribution in [1.82, 2.24) is 4.98 Å². The van der Waals surface area contributed by atoms with E-state index >= 15 is 0 Å². The summed E-state index contributed by atoms with van der Waals surface area (Å²) in [6.07, 6.45) is 1.70. The van der Waals surface area contributed by atoms with Crippen LogP contribution in [0.15, 0.2) is 18.3 Å². The molecule has 2 heterocycles. The normalized spacial score (nSPS) is 12.5. The van der Waals surface area contributed by atoms with Gasteiger partial charge in [0, 0.05) is 5.56 Å². The van der Waals surface area contributed by atoms with E-state index < -0.39 is 0 Å². The van der Waals surface area contributed by atoms with Gasteiger partial charge in [-0.15, -0.1) is 11.3 Å². The number of halogens is 3. The molecule has 0 saturated heterocycles. The van der Waals surface area contributed by atoms with Crippen LogP contribution in [0.3, 0.4) is 0 Å². The van der Waals surface area contributed by atoms with Crippen LogP contribution < -0.4 is 5.32 Å². The van der Waals surface area contributed by atoms with Gasteiger partial charge in [0.05, 0.1) is 26.6 Å². The van der Waals surface area contributed by atoms with Crippen molar-refractivity contribution in [2.75, 3.05) is 5.32 Å². The Hall–Kier alpha value is -0.480. The molecule has 0 aliphatic carbocycles. The SMILES string of the molecule is Cc1cc(NC(C)c2cc(Cl)sc2Cl)cnc1Cl. The number of aromatic nitrogens is 1. The summed E-state index contributed by atoms with van der Waals surface area (Å²) in [5.41, 5.74) is 2.82. The molecule has 0 fully saturated rings. The minimum absolute atomic E-state index is 0.0589. The summed E-state index contributed by atoms with van der Waals surface area (Å²) in [6.45, 7) is 3.94. The highest BCUT2D eigenvalue weighted by molar-refractivity contribution is 7.20. The lowest BCUT2D eigenvalue weighted by Crippen LogP contribution is -2.06. The molecular formula is C12H11Cl3N2S. The third-order valence-corrected chi connectivity index (χ3v) is 4.46. The Morgan fingerprint density at radius 2 is 2.00 bits per heavy atom. The van der Waals surface area contributed by atoms with Gasteiger partial charge in [-0.25, -0.2) is 4.98 Å². The Bertz CT molecular complexity index is 568. The number of aryl methyl sites for hydroxylation is 1. The highest BCUT2D eigenvalue weighted by atomic mass is 35.5. The first-order chi connectivity index (χ1) is 8.47. The molecule has 2 aromatic rings. The van der Waals surface area contributed by atoms with E-state index in [1.807, 2.05) is 26.0 Å². The van der Waals surface area contributed by atoms with Crippen molar-refractivity contribution in [3.8, 4) is 0 Å². The van der Waals surface area contributed by atoms with Gasteiger partial charge in [0.15, 0.2) is 0 Å². The van der Waals surface area contributed by atoms with Crippen molar-refractivity contribution in [2.45, 2.75) is 19.9 Å². The Morgan fingerprint density at radius 1 is 1.28 bits per heavy atom. The second-order valence-electron chi connectivity index (χ2n) is 3.98. The van der Waals surface area contributed by atoms with Crippen LogP contribution >= 0.6 is 46.1 Å². The van der Waals surface area contributed by atoms with Crippen LogP contribution in [0.2, 0.25) is 13.8 Å². The lowest BCUT2D eigenvalue weighted by molar-refractivity contribution is 0.888. The maximum Gasteiger partial charge on any atom is 0.132 e. The molecule has 6 heteroatoms. The van der Waals surface area contributed by atoms with Crippen LogP contribution in [-0.2, 0) is 0 Å². The first-order valence-electron chi connectivity index (χ1n) is 5.31. The van der Waals surface area contributed by atoms with E-state index in [2.05, 4.69) is 10.3 Å². The molecule has 1 atom stereocenters. The number of nitrogens with zero attached hydrogens (tertiary/aromatic N) is 1. The second-order valence-corrected chi connectivity index (χ2v) is 6.62. The first kappa shape index (κ1) is 13.9. The fraction of sp³-hybridized carbons (Fsp3) is 0.250. The lowest BCUT2D eigenvalue weighted by Gasteiger charge is -2.15. The third kappa shape index (κ3) is 3.09. The molecular weight excluding hydrogens is 311 g/mol. The van der Waals surface area contributed by atoms with Gasteiger partial charge >= 0.3 is 0 Å². The number of thiophene rings is 1. The number of pyridine rings is 1. The Balaban J connectivity index is 2.18. The highest BCUT2D eigenvalue weighted by Gasteiger charge is 2.13. The fourth-order valence-electron chi connectivity index (χ4n) is 1.61. The van der Waals surface area contributed by atoms with Gasteiger partial charge in [0.2, 0.25) is 0 Å². The zero-order valence-corrected chi connectivity index (χ0v) is 12.9. The van der Waals surface area contributed by atoms with E-state index in [0.717, 1.165) is 16.8 Å². The quantitative estimate of drug-likeness (QED) is 0.746. The van der Waals surface area contributed by atoms with Gasteiger partial charge in [0.1, 0.15) is 5.15 Å². The Labute approximate surface area is 125 Å². The van der Waals surface area contributed by atoms with Gasteiger partial charge in [-0.05, 0) is 31.5 Å². The topological polar surface area (TPSA) is 24.9 Å². The number of nitrogens with one attached hydrogen (secondary N) is 1. The molecule has 0 radical (unpaired) electrons. The summed E-state index contributed by atoms with van der Waals surface area (Å²) in [7, 11) is 0. The summed E-state index contributed by atoms with van der Waals surface area (Å²) in [4.78, 5) is 4.10. The summed E-state index contributed by atoms with van der Waals surface area (Å²) < 4.78 is 1.40. The van der Waals surface area contributed by atoms with Crippen molar-refractivity contribution in [3.05, 3.63) is 43.3 Å². The monoisotopic (exact) mass is 320 g/mol. The van der Waals surface area contributed by atoms with E-state index in [-0.39, 0.29) is 6.04 Å². The molecule has 0 amide bonds. The van der Waals surface area contributed by atoms with E-state index in [1.165, 1.54) is 11.3 Å².